The lowest BCUT2D eigenvalue weighted by atomic mass is 9.80. The van der Waals surface area contributed by atoms with Gasteiger partial charge in [-0.25, -0.2) is 4.98 Å². The summed E-state index contributed by atoms with van der Waals surface area (Å²) in [5.74, 6) is 0. The summed E-state index contributed by atoms with van der Waals surface area (Å²) in [5.41, 5.74) is 2.66. The topological polar surface area (TPSA) is 60.0 Å². The summed E-state index contributed by atoms with van der Waals surface area (Å²) in [6.45, 7) is 8.16. The number of H-pyrrole nitrogens is 1. The Kier molecular flexibility index (Phi) is 3.69. The highest BCUT2D eigenvalue weighted by atomic mass is 35.5. The lowest BCUT2D eigenvalue weighted by molar-refractivity contribution is 0.00578. The van der Waals surface area contributed by atoms with Gasteiger partial charge in [0, 0.05) is 35.0 Å². The second-order valence-electron chi connectivity index (χ2n) is 7.33. The first kappa shape index (κ1) is 16.6. The summed E-state index contributed by atoms with van der Waals surface area (Å²) in [5, 5.41) is 1.62. The Balaban J connectivity index is 1.71. The molecule has 1 N–H and O–H groups in total. The Bertz CT molecular complexity index is 938. The van der Waals surface area contributed by atoms with Crippen molar-refractivity contribution >= 4 is 35.2 Å². The normalized spacial score (nSPS) is 18.8. The predicted molar refractivity (Wildman–Crippen MR) is 100 cm³/mol. The van der Waals surface area contributed by atoms with Crippen molar-refractivity contribution in [1.29, 1.82) is 0 Å². The molecule has 0 spiro atoms. The zero-order chi connectivity index (χ0) is 17.8. The maximum atomic E-state index is 6.26. The van der Waals surface area contributed by atoms with Crippen LogP contribution in [0.4, 0.5) is 0 Å². The van der Waals surface area contributed by atoms with Crippen molar-refractivity contribution in [2.75, 3.05) is 0 Å². The Morgan fingerprint density at radius 3 is 2.48 bits per heavy atom. The molecule has 1 aliphatic rings. The molecule has 4 heterocycles. The van der Waals surface area contributed by atoms with Crippen molar-refractivity contribution in [3.63, 3.8) is 0 Å². The molecule has 7 heteroatoms. The standard InChI is InChI=1S/C18H19BClN3O2/c1-17(2)18(3,4)25-19(24-17)12-7-11-8-15(23-16(11)22-9-12)13-10-21-6-5-14(13)20/h5-10H,1-4H3,(H,22,23). The third kappa shape index (κ3) is 2.74. The van der Waals surface area contributed by atoms with Crippen LogP contribution in [0.15, 0.2) is 36.8 Å². The molecule has 4 rings (SSSR count). The van der Waals surface area contributed by atoms with Gasteiger partial charge in [-0.05, 0) is 45.9 Å². The average Bonchev–Trinajstić information content (AvgIpc) is 3.05. The maximum Gasteiger partial charge on any atom is 0.496 e. The number of nitrogens with one attached hydrogen (secondary N) is 1. The third-order valence-corrected chi connectivity index (χ3v) is 5.40. The number of fused-ring (bicyclic) bond motifs is 1. The van der Waals surface area contributed by atoms with Crippen LogP contribution in [-0.4, -0.2) is 33.3 Å². The van der Waals surface area contributed by atoms with Crippen molar-refractivity contribution in [3.05, 3.63) is 41.8 Å². The van der Waals surface area contributed by atoms with Gasteiger partial charge < -0.3 is 14.3 Å². The van der Waals surface area contributed by atoms with Crippen LogP contribution in [0.1, 0.15) is 27.7 Å². The monoisotopic (exact) mass is 355 g/mol. The van der Waals surface area contributed by atoms with Gasteiger partial charge in [-0.15, -0.1) is 0 Å². The maximum absolute atomic E-state index is 6.26. The van der Waals surface area contributed by atoms with Crippen LogP contribution in [0.2, 0.25) is 5.02 Å². The second-order valence-corrected chi connectivity index (χ2v) is 7.74. The highest BCUT2D eigenvalue weighted by Crippen LogP contribution is 2.36. The number of aromatic amines is 1. The second kappa shape index (κ2) is 5.56. The number of rotatable bonds is 2. The predicted octanol–water partition coefficient (Wildman–Crippen LogP) is 3.58. The summed E-state index contributed by atoms with van der Waals surface area (Å²) in [7, 11) is -0.428. The first-order valence-corrected chi connectivity index (χ1v) is 8.59. The fourth-order valence-corrected chi connectivity index (χ4v) is 3.07. The minimum atomic E-state index is -0.428. The van der Waals surface area contributed by atoms with Crippen molar-refractivity contribution < 1.29 is 9.31 Å². The number of halogens is 1. The van der Waals surface area contributed by atoms with Crippen LogP contribution >= 0.6 is 11.6 Å². The molecule has 3 aromatic rings. The summed E-state index contributed by atoms with van der Waals surface area (Å²) < 4.78 is 12.2. The van der Waals surface area contributed by atoms with Crippen LogP contribution in [0, 0.1) is 0 Å². The van der Waals surface area contributed by atoms with Crippen molar-refractivity contribution in [1.82, 2.24) is 15.0 Å². The van der Waals surface area contributed by atoms with Crippen molar-refractivity contribution in [2.45, 2.75) is 38.9 Å². The Hall–Kier alpha value is -1.89. The fraction of sp³-hybridized carbons (Fsp3) is 0.333. The summed E-state index contributed by atoms with van der Waals surface area (Å²) in [6.07, 6.45) is 5.20. The number of nitrogens with zero attached hydrogens (tertiary/aromatic N) is 2. The molecular formula is C18H19BClN3O2. The molecule has 0 unspecified atom stereocenters. The van der Waals surface area contributed by atoms with Crippen LogP contribution in [0.25, 0.3) is 22.3 Å². The molecule has 3 aromatic heterocycles. The van der Waals surface area contributed by atoms with Gasteiger partial charge >= 0.3 is 7.12 Å². The van der Waals surface area contributed by atoms with E-state index >= 15 is 0 Å². The smallest absolute Gasteiger partial charge is 0.399 e. The zero-order valence-corrected chi connectivity index (χ0v) is 15.4. The van der Waals surface area contributed by atoms with Gasteiger partial charge in [0.2, 0.25) is 0 Å². The largest absolute Gasteiger partial charge is 0.496 e. The number of hydrogen-bond acceptors (Lipinski definition) is 4. The third-order valence-electron chi connectivity index (χ3n) is 5.07. The van der Waals surface area contributed by atoms with Crippen LogP contribution < -0.4 is 5.46 Å². The van der Waals surface area contributed by atoms with Crippen molar-refractivity contribution in [2.24, 2.45) is 0 Å². The Morgan fingerprint density at radius 1 is 1.08 bits per heavy atom. The average molecular weight is 356 g/mol. The van der Waals surface area contributed by atoms with E-state index in [1.165, 1.54) is 0 Å². The van der Waals surface area contributed by atoms with E-state index in [2.05, 4.69) is 15.0 Å². The van der Waals surface area contributed by atoms with E-state index in [1.807, 2.05) is 39.8 Å². The molecule has 1 fully saturated rings. The van der Waals surface area contributed by atoms with E-state index in [0.29, 0.717) is 5.02 Å². The number of pyridine rings is 2. The quantitative estimate of drug-likeness (QED) is 0.714. The molecule has 0 amide bonds. The van der Waals surface area contributed by atoms with Crippen LogP contribution in [-0.2, 0) is 9.31 Å². The zero-order valence-electron chi connectivity index (χ0n) is 14.6. The minimum absolute atomic E-state index is 0.376. The molecule has 1 saturated heterocycles. The number of hydrogen-bond donors (Lipinski definition) is 1. The van der Waals surface area contributed by atoms with Gasteiger partial charge in [0.05, 0.1) is 21.9 Å². The molecule has 0 aliphatic carbocycles. The summed E-state index contributed by atoms with van der Waals surface area (Å²) in [6, 6.07) is 5.82. The highest BCUT2D eigenvalue weighted by Gasteiger charge is 2.51. The van der Waals surface area contributed by atoms with E-state index in [-0.39, 0.29) is 11.2 Å². The van der Waals surface area contributed by atoms with Crippen LogP contribution in [0.5, 0.6) is 0 Å². The van der Waals surface area contributed by atoms with Gasteiger partial charge in [0.25, 0.3) is 0 Å². The van der Waals surface area contributed by atoms with E-state index in [1.54, 1.807) is 24.7 Å². The highest BCUT2D eigenvalue weighted by molar-refractivity contribution is 6.62. The first-order valence-electron chi connectivity index (χ1n) is 8.21. The number of aromatic nitrogens is 3. The molecule has 25 heavy (non-hydrogen) atoms. The molecule has 0 aromatic carbocycles. The lowest BCUT2D eigenvalue weighted by Crippen LogP contribution is -2.41. The summed E-state index contributed by atoms with van der Waals surface area (Å²) >= 11 is 6.26. The molecule has 0 atom stereocenters. The van der Waals surface area contributed by atoms with E-state index in [9.17, 15) is 0 Å². The molecule has 0 bridgehead atoms. The molecule has 128 valence electrons. The summed E-state index contributed by atoms with van der Waals surface area (Å²) in [4.78, 5) is 11.9. The fourth-order valence-electron chi connectivity index (χ4n) is 2.86. The SMILES string of the molecule is CC1(C)OB(c2cnc3[nH]c(-c4cnccc4Cl)cc3c2)OC1(C)C. The van der Waals surface area contributed by atoms with Gasteiger partial charge in [0.1, 0.15) is 5.65 Å². The Labute approximate surface area is 151 Å². The van der Waals surface area contributed by atoms with E-state index < -0.39 is 7.12 Å². The molecule has 5 nitrogen and oxygen atoms in total. The first-order chi connectivity index (χ1) is 11.8. The van der Waals surface area contributed by atoms with Gasteiger partial charge in [-0.1, -0.05) is 11.6 Å². The van der Waals surface area contributed by atoms with E-state index in [0.717, 1.165) is 27.8 Å². The van der Waals surface area contributed by atoms with Gasteiger partial charge in [0.15, 0.2) is 0 Å². The van der Waals surface area contributed by atoms with Crippen LogP contribution in [0.3, 0.4) is 0 Å². The van der Waals surface area contributed by atoms with Gasteiger partial charge in [-0.2, -0.15) is 0 Å². The molecule has 0 radical (unpaired) electrons. The minimum Gasteiger partial charge on any atom is -0.399 e. The molecule has 0 saturated carbocycles. The Morgan fingerprint density at radius 2 is 1.80 bits per heavy atom. The van der Waals surface area contributed by atoms with Crippen molar-refractivity contribution in [3.8, 4) is 11.3 Å². The molecular weight excluding hydrogens is 336 g/mol. The lowest BCUT2D eigenvalue weighted by Gasteiger charge is -2.32. The van der Waals surface area contributed by atoms with E-state index in [4.69, 9.17) is 20.9 Å². The van der Waals surface area contributed by atoms with Gasteiger partial charge in [-0.3, -0.25) is 4.98 Å². The molecule has 1 aliphatic heterocycles.